The van der Waals surface area contributed by atoms with Crippen LogP contribution in [0, 0.1) is 10.8 Å². The van der Waals surface area contributed by atoms with E-state index < -0.39 is 0 Å². The number of hydrogen-bond acceptors (Lipinski definition) is 0. The number of hydrogen-bond donors (Lipinski definition) is 0. The highest BCUT2D eigenvalue weighted by atomic mass is 15.2. The maximum absolute atomic E-state index is 2.59. The SMILES string of the molecule is C[C@]12Cc3ccccc3[C@@H]3C[C@]4(c5ccccc5)[C@]1(c1ccccc1)[C@]324. The Morgan fingerprint density at radius 1 is 0.731 bits per heavy atom. The van der Waals surface area contributed by atoms with Gasteiger partial charge in [-0.15, -0.1) is 0 Å². The van der Waals surface area contributed by atoms with Crippen LogP contribution in [0.15, 0.2) is 84.9 Å². The van der Waals surface area contributed by atoms with Crippen LogP contribution >= 0.6 is 0 Å². The van der Waals surface area contributed by atoms with Crippen molar-refractivity contribution in [1.82, 2.24) is 0 Å². The summed E-state index contributed by atoms with van der Waals surface area (Å²) in [4.78, 5) is 0. The fraction of sp³-hybridized carbons (Fsp3) is 0.308. The molecule has 0 heteroatoms. The van der Waals surface area contributed by atoms with Crippen molar-refractivity contribution in [2.45, 2.75) is 36.5 Å². The van der Waals surface area contributed by atoms with Crippen LogP contribution in [0.3, 0.4) is 0 Å². The Morgan fingerprint density at radius 2 is 1.35 bits per heavy atom. The molecule has 126 valence electrons. The first-order valence-electron chi connectivity index (χ1n) is 9.94. The van der Waals surface area contributed by atoms with Gasteiger partial charge in [0, 0.05) is 16.2 Å². The van der Waals surface area contributed by atoms with Gasteiger partial charge in [-0.05, 0) is 46.4 Å². The van der Waals surface area contributed by atoms with Gasteiger partial charge in [-0.25, -0.2) is 0 Å². The van der Waals surface area contributed by atoms with Crippen LogP contribution < -0.4 is 0 Å². The maximum Gasteiger partial charge on any atom is 0.0196 e. The van der Waals surface area contributed by atoms with Gasteiger partial charge in [-0.1, -0.05) is 91.9 Å². The molecule has 0 aromatic heterocycles. The van der Waals surface area contributed by atoms with Crippen molar-refractivity contribution < 1.29 is 0 Å². The standard InChI is InChI=1S/C26H22/c1-23-16-18-10-8-9-15-21(18)22-17-24(19-11-4-2-5-12-19)25(23,26(22,23)24)20-13-6-3-7-14-20/h2-15,22H,16-17H2,1H3/t22-,23-,24-,25+,26+/m0/s1. The van der Waals surface area contributed by atoms with Crippen molar-refractivity contribution in [3.05, 3.63) is 107 Å². The molecule has 0 nitrogen and oxygen atoms in total. The third kappa shape index (κ3) is 0.969. The normalized spacial score (nSPS) is 42.7. The average Bonchev–Trinajstić information content (AvgIpc) is 3.40. The van der Waals surface area contributed by atoms with E-state index in [4.69, 9.17) is 0 Å². The zero-order valence-corrected chi connectivity index (χ0v) is 15.1. The lowest BCUT2D eigenvalue weighted by molar-refractivity contribution is 0.0607. The second-order valence-corrected chi connectivity index (χ2v) is 9.16. The van der Waals surface area contributed by atoms with E-state index in [0.717, 1.165) is 5.92 Å². The lowest BCUT2D eigenvalue weighted by Gasteiger charge is -2.56. The van der Waals surface area contributed by atoms with Gasteiger partial charge in [0.15, 0.2) is 0 Å². The van der Waals surface area contributed by atoms with Crippen LogP contribution in [0.5, 0.6) is 0 Å². The second-order valence-electron chi connectivity index (χ2n) is 9.16. The lowest BCUT2D eigenvalue weighted by atomic mass is 9.46. The summed E-state index contributed by atoms with van der Waals surface area (Å²) in [6, 6.07) is 32.1. The topological polar surface area (TPSA) is 0 Å². The Labute approximate surface area is 154 Å². The van der Waals surface area contributed by atoms with Gasteiger partial charge in [0.25, 0.3) is 0 Å². The van der Waals surface area contributed by atoms with Gasteiger partial charge >= 0.3 is 0 Å². The Balaban J connectivity index is 1.52. The van der Waals surface area contributed by atoms with Crippen LogP contribution in [0.2, 0.25) is 0 Å². The Morgan fingerprint density at radius 3 is 2.08 bits per heavy atom. The van der Waals surface area contributed by atoms with Gasteiger partial charge in [0.1, 0.15) is 0 Å². The molecule has 3 saturated carbocycles. The highest BCUT2D eigenvalue weighted by Crippen LogP contribution is 3.15. The van der Waals surface area contributed by atoms with Crippen LogP contribution in [0.4, 0.5) is 0 Å². The van der Waals surface area contributed by atoms with Crippen LogP contribution in [0.25, 0.3) is 0 Å². The van der Waals surface area contributed by atoms with Gasteiger partial charge in [-0.3, -0.25) is 0 Å². The number of fused-ring (bicyclic) bond motifs is 4. The molecule has 4 aliphatic carbocycles. The van der Waals surface area contributed by atoms with Gasteiger partial charge in [-0.2, -0.15) is 0 Å². The molecule has 26 heavy (non-hydrogen) atoms. The van der Waals surface area contributed by atoms with E-state index in [1.54, 1.807) is 22.3 Å². The molecule has 0 aliphatic heterocycles. The Kier molecular flexibility index (Phi) is 2.04. The minimum atomic E-state index is 0.333. The highest BCUT2D eigenvalue weighted by Gasteiger charge is 3.16. The van der Waals surface area contributed by atoms with Gasteiger partial charge in [0.2, 0.25) is 0 Å². The molecule has 4 aliphatic rings. The van der Waals surface area contributed by atoms with Crippen molar-refractivity contribution >= 4 is 0 Å². The first kappa shape index (κ1) is 13.8. The molecular formula is C26H22. The van der Waals surface area contributed by atoms with Crippen LogP contribution in [-0.4, -0.2) is 0 Å². The lowest BCUT2D eigenvalue weighted by Crippen LogP contribution is -2.53. The van der Waals surface area contributed by atoms with Crippen molar-refractivity contribution in [1.29, 1.82) is 0 Å². The van der Waals surface area contributed by atoms with E-state index in [2.05, 4.69) is 91.9 Å². The third-order valence-corrected chi connectivity index (χ3v) is 8.96. The highest BCUT2D eigenvalue weighted by molar-refractivity contribution is 5.82. The summed E-state index contributed by atoms with van der Waals surface area (Å²) < 4.78 is 0. The Bertz CT molecular complexity index is 1070. The summed E-state index contributed by atoms with van der Waals surface area (Å²) in [7, 11) is 0. The van der Waals surface area contributed by atoms with Crippen LogP contribution in [0.1, 0.15) is 41.5 Å². The molecule has 3 aromatic rings. The molecule has 0 bridgehead atoms. The monoisotopic (exact) mass is 334 g/mol. The molecule has 0 saturated heterocycles. The predicted octanol–water partition coefficient (Wildman–Crippen LogP) is 5.63. The zero-order valence-electron chi connectivity index (χ0n) is 15.1. The molecule has 5 atom stereocenters. The molecule has 3 aromatic carbocycles. The smallest absolute Gasteiger partial charge is 0.0196 e. The van der Waals surface area contributed by atoms with Crippen molar-refractivity contribution in [3.63, 3.8) is 0 Å². The molecule has 3 fully saturated rings. The average molecular weight is 334 g/mol. The summed E-state index contributed by atoms with van der Waals surface area (Å²) in [5, 5.41) is 0. The van der Waals surface area contributed by atoms with Gasteiger partial charge in [0.05, 0.1) is 0 Å². The molecule has 7 rings (SSSR count). The van der Waals surface area contributed by atoms with E-state index in [9.17, 15) is 0 Å². The second kappa shape index (κ2) is 3.83. The minimum absolute atomic E-state index is 0.333. The van der Waals surface area contributed by atoms with E-state index >= 15 is 0 Å². The summed E-state index contributed by atoms with van der Waals surface area (Å²) in [6.45, 7) is 2.59. The molecule has 1 spiro atoms. The molecule has 0 unspecified atom stereocenters. The molecule has 0 amide bonds. The summed E-state index contributed by atoms with van der Waals surface area (Å²) >= 11 is 0. The first-order valence-corrected chi connectivity index (χ1v) is 9.94. The summed E-state index contributed by atoms with van der Waals surface area (Å²) in [5.74, 6) is 0.734. The largest absolute Gasteiger partial charge is 0.0622 e. The minimum Gasteiger partial charge on any atom is -0.0622 e. The van der Waals surface area contributed by atoms with Crippen molar-refractivity contribution in [2.75, 3.05) is 0 Å². The number of rotatable bonds is 2. The van der Waals surface area contributed by atoms with E-state index in [1.807, 2.05) is 0 Å². The predicted molar refractivity (Wildman–Crippen MR) is 104 cm³/mol. The molecule has 0 heterocycles. The summed E-state index contributed by atoms with van der Waals surface area (Å²) in [5.41, 5.74) is 7.98. The maximum atomic E-state index is 2.59. The number of benzene rings is 3. The van der Waals surface area contributed by atoms with E-state index in [-0.39, 0.29) is 0 Å². The van der Waals surface area contributed by atoms with Crippen LogP contribution in [-0.2, 0) is 17.3 Å². The molecular weight excluding hydrogens is 312 g/mol. The van der Waals surface area contributed by atoms with Crippen molar-refractivity contribution in [2.24, 2.45) is 10.8 Å². The molecule has 0 N–H and O–H groups in total. The van der Waals surface area contributed by atoms with Gasteiger partial charge < -0.3 is 0 Å². The molecule has 0 radical (unpaired) electrons. The van der Waals surface area contributed by atoms with Crippen molar-refractivity contribution in [3.8, 4) is 0 Å². The van der Waals surface area contributed by atoms with E-state index in [1.165, 1.54) is 12.8 Å². The Hall–Kier alpha value is -2.34. The quantitative estimate of drug-likeness (QED) is 0.570. The fourth-order valence-corrected chi connectivity index (χ4v) is 8.73. The fourth-order valence-electron chi connectivity index (χ4n) is 8.73. The first-order chi connectivity index (χ1) is 12.8. The third-order valence-electron chi connectivity index (χ3n) is 8.96. The zero-order chi connectivity index (χ0) is 17.2. The summed E-state index contributed by atoms with van der Waals surface area (Å²) in [6.07, 6.45) is 2.56. The van der Waals surface area contributed by atoms with E-state index in [0.29, 0.717) is 21.7 Å².